The van der Waals surface area contributed by atoms with E-state index < -0.39 is 4.92 Å². The number of thioether (sulfide) groups is 1. The molecule has 1 heterocycles. The van der Waals surface area contributed by atoms with Crippen LogP contribution in [0.3, 0.4) is 0 Å². The van der Waals surface area contributed by atoms with E-state index in [0.717, 1.165) is 10.5 Å². The molecular weight excluding hydrogens is 314 g/mol. The van der Waals surface area contributed by atoms with E-state index in [-0.39, 0.29) is 11.2 Å². The Balaban J connectivity index is 1.88. The van der Waals surface area contributed by atoms with Gasteiger partial charge in [-0.1, -0.05) is 23.7 Å². The van der Waals surface area contributed by atoms with Gasteiger partial charge in [-0.05, 0) is 34.1 Å². The van der Waals surface area contributed by atoms with Crippen LogP contribution in [-0.4, -0.2) is 15.2 Å². The third-order valence-corrected chi connectivity index (χ3v) is 4.23. The van der Waals surface area contributed by atoms with Crippen molar-refractivity contribution in [3.8, 4) is 0 Å². The van der Waals surface area contributed by atoms with Crippen molar-refractivity contribution >= 4 is 40.1 Å². The highest BCUT2D eigenvalue weighted by molar-refractivity contribution is 7.98. The second-order valence-corrected chi connectivity index (χ2v) is 5.67. The van der Waals surface area contributed by atoms with Gasteiger partial charge in [-0.3, -0.25) is 10.1 Å². The smallest absolute Gasteiger partial charge is 0.258 e. The summed E-state index contributed by atoms with van der Waals surface area (Å²) >= 11 is 7.34. The van der Waals surface area contributed by atoms with Gasteiger partial charge < -0.3 is 0 Å². The van der Waals surface area contributed by atoms with E-state index in [1.165, 1.54) is 17.8 Å². The van der Waals surface area contributed by atoms with Crippen LogP contribution in [0.2, 0.25) is 5.02 Å². The van der Waals surface area contributed by atoms with Crippen molar-refractivity contribution in [2.24, 2.45) is 0 Å². The van der Waals surface area contributed by atoms with E-state index in [4.69, 9.17) is 11.6 Å². The Bertz CT molecular complexity index is 804. The largest absolute Gasteiger partial charge is 0.300 e. The van der Waals surface area contributed by atoms with Crippen molar-refractivity contribution in [1.82, 2.24) is 10.3 Å². The summed E-state index contributed by atoms with van der Waals surface area (Å²) in [5.74, 6) is 0.691. The highest BCUT2D eigenvalue weighted by Gasteiger charge is 2.19. The minimum atomic E-state index is -0.500. The molecule has 0 aliphatic heterocycles. The zero-order valence-corrected chi connectivity index (χ0v) is 12.1. The number of hydrogen-bond acceptors (Lipinski definition) is 6. The second kappa shape index (κ2) is 5.71. The minimum Gasteiger partial charge on any atom is -0.258 e. The molecule has 0 aliphatic carbocycles. The molecule has 2 aromatic carbocycles. The highest BCUT2D eigenvalue weighted by Crippen LogP contribution is 2.33. The maximum atomic E-state index is 10.9. The number of rotatable bonds is 4. The maximum Gasteiger partial charge on any atom is 0.300 e. The van der Waals surface area contributed by atoms with E-state index in [2.05, 4.69) is 14.9 Å². The number of nitro groups is 1. The van der Waals surface area contributed by atoms with Crippen LogP contribution < -0.4 is 0 Å². The van der Waals surface area contributed by atoms with Crippen LogP contribution in [0.4, 0.5) is 5.69 Å². The Morgan fingerprint density at radius 1 is 1.14 bits per heavy atom. The third-order valence-electron chi connectivity index (χ3n) is 2.86. The summed E-state index contributed by atoms with van der Waals surface area (Å²) in [7, 11) is 0. The van der Waals surface area contributed by atoms with Gasteiger partial charge in [0.2, 0.25) is 5.52 Å². The predicted octanol–water partition coefficient (Wildman–Crippen LogP) is 4.08. The van der Waals surface area contributed by atoms with Crippen LogP contribution in [0, 0.1) is 10.1 Å². The number of non-ortho nitro benzene ring substituents is 1. The number of fused-ring (bicyclic) bond motifs is 1. The monoisotopic (exact) mass is 321 g/mol. The predicted molar refractivity (Wildman–Crippen MR) is 79.5 cm³/mol. The third kappa shape index (κ3) is 2.84. The molecule has 0 atom stereocenters. The van der Waals surface area contributed by atoms with Crippen LogP contribution in [0.1, 0.15) is 5.56 Å². The lowest BCUT2D eigenvalue weighted by molar-refractivity contribution is -0.383. The molecular formula is C13H8ClN3O3S. The fourth-order valence-electron chi connectivity index (χ4n) is 1.84. The van der Waals surface area contributed by atoms with Crippen LogP contribution in [0.25, 0.3) is 11.0 Å². The van der Waals surface area contributed by atoms with Crippen molar-refractivity contribution in [3.63, 3.8) is 0 Å². The normalized spacial score (nSPS) is 10.9. The summed E-state index contributed by atoms with van der Waals surface area (Å²) in [6, 6.07) is 10.6. The molecule has 6 nitrogen and oxygen atoms in total. The average Bonchev–Trinajstić information content (AvgIpc) is 2.95. The summed E-state index contributed by atoms with van der Waals surface area (Å²) in [5.41, 5.74) is 1.55. The lowest BCUT2D eigenvalue weighted by Crippen LogP contribution is -1.90. The molecule has 0 fully saturated rings. The van der Waals surface area contributed by atoms with Gasteiger partial charge in [0.25, 0.3) is 0 Å². The Morgan fingerprint density at radius 2 is 1.86 bits per heavy atom. The fraction of sp³-hybridized carbons (Fsp3) is 0.0769. The Morgan fingerprint density at radius 3 is 2.57 bits per heavy atom. The molecule has 1 aromatic heterocycles. The first-order chi connectivity index (χ1) is 10.1. The molecule has 0 amide bonds. The molecule has 0 aliphatic rings. The molecule has 106 valence electrons. The molecule has 21 heavy (non-hydrogen) atoms. The fourth-order valence-corrected chi connectivity index (χ4v) is 2.91. The summed E-state index contributed by atoms with van der Waals surface area (Å²) in [6.45, 7) is 0. The zero-order chi connectivity index (χ0) is 14.8. The first-order valence-corrected chi connectivity index (χ1v) is 7.28. The average molecular weight is 322 g/mol. The minimum absolute atomic E-state index is 0.109. The molecule has 3 aromatic rings. The Kier molecular flexibility index (Phi) is 3.76. The van der Waals surface area contributed by atoms with Crippen LogP contribution in [0.15, 0.2) is 45.9 Å². The number of nitro benzene ring substituents is 1. The number of halogens is 1. The molecule has 3 rings (SSSR count). The molecule has 0 bridgehead atoms. The first kappa shape index (κ1) is 13.8. The quantitative estimate of drug-likeness (QED) is 0.409. The van der Waals surface area contributed by atoms with Crippen molar-refractivity contribution in [1.29, 1.82) is 0 Å². The van der Waals surface area contributed by atoms with Gasteiger partial charge in [-0.15, -0.1) is 11.8 Å². The van der Waals surface area contributed by atoms with Crippen molar-refractivity contribution in [2.45, 2.75) is 10.6 Å². The van der Waals surface area contributed by atoms with E-state index >= 15 is 0 Å². The highest BCUT2D eigenvalue weighted by atomic mass is 35.5. The van der Waals surface area contributed by atoms with Crippen molar-refractivity contribution < 1.29 is 9.55 Å². The van der Waals surface area contributed by atoms with Gasteiger partial charge in [0.15, 0.2) is 5.52 Å². The van der Waals surface area contributed by atoms with Crippen molar-refractivity contribution in [3.05, 3.63) is 57.1 Å². The topological polar surface area (TPSA) is 82.1 Å². The number of hydrogen-bond donors (Lipinski definition) is 0. The van der Waals surface area contributed by atoms with Gasteiger partial charge in [0, 0.05) is 21.7 Å². The molecule has 0 saturated carbocycles. The van der Waals surface area contributed by atoms with E-state index in [0.29, 0.717) is 16.3 Å². The van der Waals surface area contributed by atoms with E-state index in [9.17, 15) is 10.1 Å². The zero-order valence-electron chi connectivity index (χ0n) is 10.5. The molecule has 0 spiro atoms. The summed E-state index contributed by atoms with van der Waals surface area (Å²) < 4.78 is 4.63. The van der Waals surface area contributed by atoms with Crippen LogP contribution in [0.5, 0.6) is 0 Å². The van der Waals surface area contributed by atoms with Crippen LogP contribution >= 0.6 is 23.4 Å². The molecule has 8 heteroatoms. The molecule has 0 N–H and O–H groups in total. The Hall–Kier alpha value is -2.12. The Labute approximate surface area is 128 Å². The van der Waals surface area contributed by atoms with E-state index in [1.807, 2.05) is 24.3 Å². The molecule has 0 unspecified atom stereocenters. The maximum absolute atomic E-state index is 10.9. The summed E-state index contributed by atoms with van der Waals surface area (Å²) in [5, 5.41) is 19.0. The van der Waals surface area contributed by atoms with Gasteiger partial charge in [-0.25, -0.2) is 4.63 Å². The van der Waals surface area contributed by atoms with Gasteiger partial charge in [0.1, 0.15) is 0 Å². The number of aromatic nitrogens is 2. The number of nitrogens with zero attached hydrogens (tertiary/aromatic N) is 3. The summed E-state index contributed by atoms with van der Waals surface area (Å²) in [6.07, 6.45) is 0. The SMILES string of the molecule is O=[N+]([O-])c1ccc(SCc2ccc(Cl)cc2)c2nonc12. The molecule has 0 saturated heterocycles. The standard InChI is InChI=1S/C13H8ClN3O3S/c14-9-3-1-8(2-4-9)7-21-11-6-5-10(17(18)19)12-13(11)16-20-15-12/h1-6H,7H2. The first-order valence-electron chi connectivity index (χ1n) is 5.92. The number of benzene rings is 2. The van der Waals surface area contributed by atoms with Gasteiger partial charge in [0.05, 0.1) is 4.92 Å². The van der Waals surface area contributed by atoms with Gasteiger partial charge >= 0.3 is 5.69 Å². The molecule has 0 radical (unpaired) electrons. The van der Waals surface area contributed by atoms with Crippen molar-refractivity contribution in [2.75, 3.05) is 0 Å². The second-order valence-electron chi connectivity index (χ2n) is 4.22. The van der Waals surface area contributed by atoms with E-state index in [1.54, 1.807) is 6.07 Å². The summed E-state index contributed by atoms with van der Waals surface area (Å²) in [4.78, 5) is 11.2. The van der Waals surface area contributed by atoms with Crippen LogP contribution in [-0.2, 0) is 5.75 Å². The lowest BCUT2D eigenvalue weighted by atomic mass is 10.2. The lowest BCUT2D eigenvalue weighted by Gasteiger charge is -2.02. The van der Waals surface area contributed by atoms with Gasteiger partial charge in [-0.2, -0.15) is 0 Å².